The number of hydrogen-bond acceptors (Lipinski definition) is 7. The monoisotopic (exact) mass is 317 g/mol. The Kier molecular flexibility index (Phi) is 3.58. The molecule has 0 unspecified atom stereocenters. The van der Waals surface area contributed by atoms with Crippen molar-refractivity contribution < 1.29 is 14.1 Å². The van der Waals surface area contributed by atoms with E-state index < -0.39 is 5.97 Å². The van der Waals surface area contributed by atoms with Crippen molar-refractivity contribution in [1.82, 2.24) is 10.1 Å². The van der Waals surface area contributed by atoms with Gasteiger partial charge < -0.3 is 15.0 Å². The molecule has 0 spiro atoms. The molecular formula is C15H15N3O3S. The highest BCUT2D eigenvalue weighted by atomic mass is 32.1. The Balaban J connectivity index is 1.87. The van der Waals surface area contributed by atoms with Crippen LogP contribution in [0.2, 0.25) is 0 Å². The van der Waals surface area contributed by atoms with E-state index in [0.717, 1.165) is 27.2 Å². The number of carbonyl (C=O) groups is 1. The van der Waals surface area contributed by atoms with Gasteiger partial charge in [0, 0.05) is 17.1 Å². The predicted octanol–water partition coefficient (Wildman–Crippen LogP) is 3.15. The fourth-order valence-corrected chi connectivity index (χ4v) is 3.42. The number of nitrogen functional groups attached to an aromatic ring is 1. The smallest absolute Gasteiger partial charge is 0.350 e. The van der Waals surface area contributed by atoms with E-state index in [9.17, 15) is 4.79 Å². The Hall–Kier alpha value is -2.41. The van der Waals surface area contributed by atoms with Gasteiger partial charge >= 0.3 is 5.97 Å². The van der Waals surface area contributed by atoms with Gasteiger partial charge in [-0.25, -0.2) is 9.78 Å². The summed E-state index contributed by atoms with van der Waals surface area (Å²) in [4.78, 5) is 17.8. The molecule has 0 aliphatic rings. The minimum absolute atomic E-state index is 0.0266. The van der Waals surface area contributed by atoms with Crippen molar-refractivity contribution in [3.63, 3.8) is 0 Å². The summed E-state index contributed by atoms with van der Waals surface area (Å²) in [6.45, 7) is 5.69. The van der Waals surface area contributed by atoms with Crippen LogP contribution >= 0.6 is 11.3 Å². The molecule has 3 heterocycles. The van der Waals surface area contributed by atoms with E-state index in [2.05, 4.69) is 10.1 Å². The van der Waals surface area contributed by atoms with Crippen LogP contribution in [0.5, 0.6) is 0 Å². The maximum Gasteiger partial charge on any atom is 0.350 e. The lowest BCUT2D eigenvalue weighted by Crippen LogP contribution is -2.05. The van der Waals surface area contributed by atoms with Crippen molar-refractivity contribution in [2.45, 2.75) is 27.4 Å². The lowest BCUT2D eigenvalue weighted by atomic mass is 10.1. The molecule has 0 saturated carbocycles. The molecule has 7 heteroatoms. The summed E-state index contributed by atoms with van der Waals surface area (Å²) in [5.74, 6) is 0.0160. The van der Waals surface area contributed by atoms with Crippen molar-refractivity contribution in [1.29, 1.82) is 0 Å². The van der Waals surface area contributed by atoms with Crippen molar-refractivity contribution in [2.75, 3.05) is 5.73 Å². The average molecular weight is 317 g/mol. The van der Waals surface area contributed by atoms with Crippen LogP contribution in [-0.2, 0) is 11.3 Å². The highest BCUT2D eigenvalue weighted by Crippen LogP contribution is 2.35. The molecule has 0 bridgehead atoms. The summed E-state index contributed by atoms with van der Waals surface area (Å²) < 4.78 is 10.2. The fourth-order valence-electron chi connectivity index (χ4n) is 2.31. The predicted molar refractivity (Wildman–Crippen MR) is 83.9 cm³/mol. The van der Waals surface area contributed by atoms with Crippen molar-refractivity contribution in [3.8, 4) is 0 Å². The van der Waals surface area contributed by atoms with Crippen LogP contribution in [-0.4, -0.2) is 16.1 Å². The summed E-state index contributed by atoms with van der Waals surface area (Å²) >= 11 is 1.24. The zero-order valence-corrected chi connectivity index (χ0v) is 13.3. The molecule has 0 radical (unpaired) electrons. The highest BCUT2D eigenvalue weighted by Gasteiger charge is 2.20. The number of ether oxygens (including phenoxy) is 1. The van der Waals surface area contributed by atoms with E-state index in [1.165, 1.54) is 11.3 Å². The van der Waals surface area contributed by atoms with Crippen molar-refractivity contribution >= 4 is 33.2 Å². The second-order valence-electron chi connectivity index (χ2n) is 5.12. The zero-order chi connectivity index (χ0) is 15.9. The van der Waals surface area contributed by atoms with E-state index in [-0.39, 0.29) is 6.61 Å². The summed E-state index contributed by atoms with van der Waals surface area (Å²) in [5.41, 5.74) is 9.15. The first kappa shape index (κ1) is 14.5. The minimum atomic E-state index is -0.480. The molecule has 114 valence electrons. The molecule has 3 aromatic rings. The first-order valence-corrected chi connectivity index (χ1v) is 7.53. The van der Waals surface area contributed by atoms with Gasteiger partial charge in [0.2, 0.25) is 0 Å². The van der Waals surface area contributed by atoms with Gasteiger partial charge in [-0.3, -0.25) is 0 Å². The topological polar surface area (TPSA) is 91.2 Å². The molecule has 0 saturated heterocycles. The molecule has 0 aromatic carbocycles. The quantitative estimate of drug-likeness (QED) is 0.746. The van der Waals surface area contributed by atoms with Gasteiger partial charge in [0.1, 0.15) is 9.71 Å². The van der Waals surface area contributed by atoms with Crippen molar-refractivity contribution in [3.05, 3.63) is 39.7 Å². The van der Waals surface area contributed by atoms with E-state index >= 15 is 0 Å². The number of anilines is 1. The number of nitrogens with two attached hydrogens (primary N) is 1. The molecule has 0 aliphatic carbocycles. The average Bonchev–Trinajstić information content (AvgIpc) is 3.00. The maximum atomic E-state index is 12.2. The molecule has 0 amide bonds. The Morgan fingerprint density at radius 3 is 2.77 bits per heavy atom. The summed E-state index contributed by atoms with van der Waals surface area (Å²) in [6, 6.07) is 3.66. The van der Waals surface area contributed by atoms with Gasteiger partial charge in [-0.2, -0.15) is 0 Å². The lowest BCUT2D eigenvalue weighted by molar-refractivity contribution is 0.0444. The number of rotatable bonds is 3. The third-order valence-corrected chi connectivity index (χ3v) is 4.31. The van der Waals surface area contributed by atoms with E-state index in [4.69, 9.17) is 15.0 Å². The van der Waals surface area contributed by atoms with E-state index in [0.29, 0.717) is 16.3 Å². The van der Waals surface area contributed by atoms with Crippen LogP contribution < -0.4 is 5.73 Å². The molecule has 6 nitrogen and oxygen atoms in total. The first-order chi connectivity index (χ1) is 10.5. The zero-order valence-electron chi connectivity index (χ0n) is 12.5. The molecule has 22 heavy (non-hydrogen) atoms. The number of carbonyl (C=O) groups excluding carboxylic acids is 1. The number of thiophene rings is 1. The lowest BCUT2D eigenvalue weighted by Gasteiger charge is -2.01. The van der Waals surface area contributed by atoms with Crippen LogP contribution in [0.1, 0.15) is 32.4 Å². The second kappa shape index (κ2) is 5.42. The summed E-state index contributed by atoms with van der Waals surface area (Å²) in [6.07, 6.45) is 0. The van der Waals surface area contributed by atoms with Crippen LogP contribution in [0.3, 0.4) is 0 Å². The fraction of sp³-hybridized carbons (Fsp3) is 0.267. The maximum absolute atomic E-state index is 12.2. The van der Waals surface area contributed by atoms with Crippen molar-refractivity contribution in [2.24, 2.45) is 0 Å². The van der Waals surface area contributed by atoms with Crippen LogP contribution in [0.15, 0.2) is 16.7 Å². The van der Waals surface area contributed by atoms with Gasteiger partial charge in [-0.05, 0) is 32.4 Å². The third kappa shape index (κ3) is 2.55. The number of fused-ring (bicyclic) bond motifs is 1. The van der Waals surface area contributed by atoms with Gasteiger partial charge in [-0.15, -0.1) is 11.3 Å². The molecule has 2 N–H and O–H groups in total. The number of hydrogen-bond donors (Lipinski definition) is 1. The third-order valence-electron chi connectivity index (χ3n) is 3.23. The summed E-state index contributed by atoms with van der Waals surface area (Å²) in [5, 5.41) is 4.56. The largest absolute Gasteiger partial charge is 0.453 e. The van der Waals surface area contributed by atoms with Crippen LogP contribution in [0, 0.1) is 20.8 Å². The standard InChI is InChI=1S/C15H15N3O3S/c1-7-4-8(2)17-14-11(7)12(16)13(22-14)15(19)20-6-10-5-9(3)18-21-10/h4-5H,6,16H2,1-3H3. The Labute approximate surface area is 130 Å². The number of aryl methyl sites for hydroxylation is 3. The molecule has 0 aliphatic heterocycles. The second-order valence-corrected chi connectivity index (χ2v) is 6.12. The number of nitrogens with zero attached hydrogens (tertiary/aromatic N) is 2. The minimum Gasteiger partial charge on any atom is -0.453 e. The SMILES string of the molecule is Cc1cc(COC(=O)c2sc3nc(C)cc(C)c3c2N)on1. The Morgan fingerprint density at radius 2 is 2.09 bits per heavy atom. The highest BCUT2D eigenvalue weighted by molar-refractivity contribution is 7.21. The number of aromatic nitrogens is 2. The van der Waals surface area contributed by atoms with Crippen LogP contribution in [0.25, 0.3) is 10.2 Å². The van der Waals surface area contributed by atoms with Gasteiger partial charge in [-0.1, -0.05) is 5.16 Å². The number of esters is 1. The van der Waals surface area contributed by atoms with E-state index in [1.807, 2.05) is 19.9 Å². The molecule has 0 atom stereocenters. The van der Waals surface area contributed by atoms with Gasteiger partial charge in [0.25, 0.3) is 0 Å². The first-order valence-electron chi connectivity index (χ1n) is 6.71. The molecule has 3 rings (SSSR count). The molecule has 0 fully saturated rings. The molecular weight excluding hydrogens is 302 g/mol. The van der Waals surface area contributed by atoms with E-state index in [1.54, 1.807) is 13.0 Å². The Morgan fingerprint density at radius 1 is 1.32 bits per heavy atom. The molecule has 3 aromatic heterocycles. The summed E-state index contributed by atoms with van der Waals surface area (Å²) in [7, 11) is 0. The van der Waals surface area contributed by atoms with Crippen LogP contribution in [0.4, 0.5) is 5.69 Å². The number of pyridine rings is 1. The van der Waals surface area contributed by atoms with Gasteiger partial charge in [0.15, 0.2) is 12.4 Å². The Bertz CT molecular complexity index is 866. The normalized spacial score (nSPS) is 11.0. The van der Waals surface area contributed by atoms with Gasteiger partial charge in [0.05, 0.1) is 11.4 Å².